The molecule has 3 nitrogen and oxygen atoms in total. The number of hydrogen-bond acceptors (Lipinski definition) is 3. The van der Waals surface area contributed by atoms with Crippen molar-refractivity contribution in [3.63, 3.8) is 0 Å². The summed E-state index contributed by atoms with van der Waals surface area (Å²) >= 11 is 1.69. The van der Waals surface area contributed by atoms with E-state index in [0.29, 0.717) is 6.61 Å². The molecule has 1 atom stereocenters. The molecule has 0 aliphatic carbocycles. The van der Waals surface area contributed by atoms with Gasteiger partial charge in [0, 0.05) is 9.75 Å². The highest BCUT2D eigenvalue weighted by Gasteiger charge is 2.25. The Bertz CT molecular complexity index is 535. The van der Waals surface area contributed by atoms with Gasteiger partial charge in [-0.3, -0.25) is 0 Å². The lowest BCUT2D eigenvalue weighted by Crippen LogP contribution is -2.17. The lowest BCUT2D eigenvalue weighted by molar-refractivity contribution is 0.177. The molecule has 0 bridgehead atoms. The molecule has 1 fully saturated rings. The molecule has 1 N–H and O–H groups in total. The first kappa shape index (κ1) is 10.4. The minimum Gasteiger partial charge on any atom is -0.447 e. The van der Waals surface area contributed by atoms with Gasteiger partial charge in [-0.15, -0.1) is 11.3 Å². The van der Waals surface area contributed by atoms with Gasteiger partial charge in [-0.1, -0.05) is 30.3 Å². The SMILES string of the molecule is O=C1NC(c2ccc(-c3ccccc3)s2)CO1. The summed E-state index contributed by atoms with van der Waals surface area (Å²) in [6, 6.07) is 14.4. The molecule has 1 aromatic heterocycles. The maximum absolute atomic E-state index is 11.0. The highest BCUT2D eigenvalue weighted by Crippen LogP contribution is 2.32. The molecule has 2 heterocycles. The molecule has 1 saturated heterocycles. The summed E-state index contributed by atoms with van der Waals surface area (Å²) < 4.78 is 4.89. The molecule has 1 aliphatic heterocycles. The van der Waals surface area contributed by atoms with E-state index in [-0.39, 0.29) is 12.1 Å². The van der Waals surface area contributed by atoms with E-state index in [9.17, 15) is 4.79 Å². The maximum Gasteiger partial charge on any atom is 0.407 e. The van der Waals surface area contributed by atoms with Crippen LogP contribution in [0.3, 0.4) is 0 Å². The van der Waals surface area contributed by atoms with Gasteiger partial charge >= 0.3 is 6.09 Å². The first-order chi connectivity index (χ1) is 8.33. The van der Waals surface area contributed by atoms with Crippen molar-refractivity contribution in [2.45, 2.75) is 6.04 Å². The zero-order valence-corrected chi connectivity index (χ0v) is 9.87. The second-order valence-electron chi connectivity index (χ2n) is 3.86. The molecule has 0 saturated carbocycles. The van der Waals surface area contributed by atoms with Crippen LogP contribution in [0.1, 0.15) is 10.9 Å². The second-order valence-corrected chi connectivity index (χ2v) is 4.98. The Kier molecular flexibility index (Phi) is 2.57. The molecular formula is C13H11NO2S. The number of cyclic esters (lactones) is 1. The van der Waals surface area contributed by atoms with Crippen molar-refractivity contribution in [1.29, 1.82) is 0 Å². The molecule has 1 amide bonds. The number of amides is 1. The average Bonchev–Trinajstić information content (AvgIpc) is 2.98. The van der Waals surface area contributed by atoms with E-state index in [1.165, 1.54) is 10.4 Å². The molecule has 3 rings (SSSR count). The normalized spacial score (nSPS) is 18.8. The number of ether oxygens (including phenoxy) is 1. The Balaban J connectivity index is 1.86. The number of hydrogen-bond donors (Lipinski definition) is 1. The Labute approximate surface area is 103 Å². The lowest BCUT2D eigenvalue weighted by Gasteiger charge is -2.02. The smallest absolute Gasteiger partial charge is 0.407 e. The lowest BCUT2D eigenvalue weighted by atomic mass is 10.2. The van der Waals surface area contributed by atoms with E-state index < -0.39 is 0 Å². The monoisotopic (exact) mass is 245 g/mol. The summed E-state index contributed by atoms with van der Waals surface area (Å²) in [6.07, 6.45) is -0.329. The van der Waals surface area contributed by atoms with Gasteiger partial charge in [0.05, 0.1) is 0 Å². The minimum atomic E-state index is -0.329. The highest BCUT2D eigenvalue weighted by molar-refractivity contribution is 7.15. The molecule has 0 spiro atoms. The van der Waals surface area contributed by atoms with Crippen LogP contribution in [0.4, 0.5) is 4.79 Å². The molecule has 1 unspecified atom stereocenters. The predicted molar refractivity (Wildman–Crippen MR) is 67.0 cm³/mol. The highest BCUT2D eigenvalue weighted by atomic mass is 32.1. The third-order valence-electron chi connectivity index (χ3n) is 2.70. The number of benzene rings is 1. The van der Waals surface area contributed by atoms with Gasteiger partial charge in [0.1, 0.15) is 12.6 Å². The molecule has 2 aromatic rings. The third-order valence-corrected chi connectivity index (χ3v) is 3.95. The number of thiophene rings is 1. The summed E-state index contributed by atoms with van der Waals surface area (Å²) in [5.74, 6) is 0. The standard InChI is InChI=1S/C13H11NO2S/c15-13-14-10(8-16-13)12-7-6-11(17-12)9-4-2-1-3-5-9/h1-7,10H,8H2,(H,14,15). The van der Waals surface area contributed by atoms with Crippen LogP contribution in [-0.4, -0.2) is 12.7 Å². The molecule has 1 aromatic carbocycles. The molecular weight excluding hydrogens is 234 g/mol. The van der Waals surface area contributed by atoms with Crippen LogP contribution in [0.5, 0.6) is 0 Å². The average molecular weight is 245 g/mol. The largest absolute Gasteiger partial charge is 0.447 e. The first-order valence-corrected chi connectivity index (χ1v) is 6.23. The van der Waals surface area contributed by atoms with Gasteiger partial charge in [0.25, 0.3) is 0 Å². The van der Waals surface area contributed by atoms with E-state index in [4.69, 9.17) is 4.74 Å². The van der Waals surface area contributed by atoms with Crippen molar-refractivity contribution in [2.24, 2.45) is 0 Å². The van der Waals surface area contributed by atoms with Crippen molar-refractivity contribution in [3.8, 4) is 10.4 Å². The van der Waals surface area contributed by atoms with Gasteiger partial charge in [-0.05, 0) is 17.7 Å². The minimum absolute atomic E-state index is 0.00459. The summed E-state index contributed by atoms with van der Waals surface area (Å²) in [7, 11) is 0. The van der Waals surface area contributed by atoms with E-state index >= 15 is 0 Å². The quantitative estimate of drug-likeness (QED) is 0.882. The Morgan fingerprint density at radius 1 is 1.18 bits per heavy atom. The molecule has 86 valence electrons. The zero-order chi connectivity index (χ0) is 11.7. The van der Waals surface area contributed by atoms with Crippen molar-refractivity contribution < 1.29 is 9.53 Å². The van der Waals surface area contributed by atoms with Crippen LogP contribution in [0.15, 0.2) is 42.5 Å². The fourth-order valence-corrected chi connectivity index (χ4v) is 2.88. The number of nitrogens with one attached hydrogen (secondary N) is 1. The maximum atomic E-state index is 11.0. The summed E-state index contributed by atoms with van der Waals surface area (Å²) in [4.78, 5) is 13.3. The number of carbonyl (C=O) groups is 1. The summed E-state index contributed by atoms with van der Waals surface area (Å²) in [5.41, 5.74) is 1.20. The van der Waals surface area contributed by atoms with Gasteiger partial charge in [-0.2, -0.15) is 0 Å². The van der Waals surface area contributed by atoms with E-state index in [2.05, 4.69) is 23.5 Å². The van der Waals surface area contributed by atoms with Crippen LogP contribution in [-0.2, 0) is 4.74 Å². The number of alkyl carbamates (subject to hydrolysis) is 1. The molecule has 17 heavy (non-hydrogen) atoms. The molecule has 1 aliphatic rings. The van der Waals surface area contributed by atoms with Crippen LogP contribution >= 0.6 is 11.3 Å². The van der Waals surface area contributed by atoms with Crippen LogP contribution in [0.25, 0.3) is 10.4 Å². The number of carbonyl (C=O) groups excluding carboxylic acids is 1. The second kappa shape index (κ2) is 4.22. The van der Waals surface area contributed by atoms with Crippen LogP contribution < -0.4 is 5.32 Å². The first-order valence-electron chi connectivity index (χ1n) is 5.41. The fourth-order valence-electron chi connectivity index (χ4n) is 1.84. The third kappa shape index (κ3) is 2.03. The van der Waals surface area contributed by atoms with Crippen LogP contribution in [0, 0.1) is 0 Å². The van der Waals surface area contributed by atoms with Crippen molar-refractivity contribution in [2.75, 3.05) is 6.61 Å². The van der Waals surface area contributed by atoms with Gasteiger partial charge in [-0.25, -0.2) is 4.79 Å². The van der Waals surface area contributed by atoms with Gasteiger partial charge in [0.15, 0.2) is 0 Å². The summed E-state index contributed by atoms with van der Waals surface area (Å²) in [5, 5.41) is 2.78. The summed E-state index contributed by atoms with van der Waals surface area (Å²) in [6.45, 7) is 0.424. The van der Waals surface area contributed by atoms with E-state index in [1.807, 2.05) is 24.3 Å². The zero-order valence-electron chi connectivity index (χ0n) is 9.05. The Hall–Kier alpha value is -1.81. The fraction of sp³-hybridized carbons (Fsp3) is 0.154. The topological polar surface area (TPSA) is 38.3 Å². The van der Waals surface area contributed by atoms with Crippen molar-refractivity contribution >= 4 is 17.4 Å². The molecule has 4 heteroatoms. The van der Waals surface area contributed by atoms with Crippen molar-refractivity contribution in [1.82, 2.24) is 5.32 Å². The van der Waals surface area contributed by atoms with Gasteiger partial charge in [0.2, 0.25) is 0 Å². The number of rotatable bonds is 2. The van der Waals surface area contributed by atoms with E-state index in [1.54, 1.807) is 11.3 Å². The molecule has 0 radical (unpaired) electrons. The van der Waals surface area contributed by atoms with Crippen molar-refractivity contribution in [3.05, 3.63) is 47.3 Å². The Morgan fingerprint density at radius 3 is 2.71 bits per heavy atom. The van der Waals surface area contributed by atoms with E-state index in [0.717, 1.165) is 4.88 Å². The Morgan fingerprint density at radius 2 is 2.00 bits per heavy atom. The van der Waals surface area contributed by atoms with Gasteiger partial charge < -0.3 is 10.1 Å². The van der Waals surface area contributed by atoms with Crippen LogP contribution in [0.2, 0.25) is 0 Å². The predicted octanol–water partition coefficient (Wildman–Crippen LogP) is 3.20.